The van der Waals surface area contributed by atoms with Gasteiger partial charge in [0.05, 0.1) is 13.2 Å². The SMILES string of the molecule is Cc1cc(C)cc(N(CCO)CCO)c1. The molecule has 0 atom stereocenters. The summed E-state index contributed by atoms with van der Waals surface area (Å²) in [6.07, 6.45) is 0. The molecule has 0 unspecified atom stereocenters. The third-order valence-electron chi connectivity index (χ3n) is 2.31. The molecule has 3 heteroatoms. The van der Waals surface area contributed by atoms with Crippen molar-refractivity contribution in [2.75, 3.05) is 31.2 Å². The zero-order valence-corrected chi connectivity index (χ0v) is 9.40. The Labute approximate surface area is 91.0 Å². The highest BCUT2D eigenvalue weighted by molar-refractivity contribution is 5.50. The topological polar surface area (TPSA) is 43.7 Å². The van der Waals surface area contributed by atoms with Crippen LogP contribution in [0.2, 0.25) is 0 Å². The van der Waals surface area contributed by atoms with Crippen LogP contribution >= 0.6 is 0 Å². The fourth-order valence-corrected chi connectivity index (χ4v) is 1.74. The molecule has 0 heterocycles. The molecule has 0 saturated heterocycles. The highest BCUT2D eigenvalue weighted by atomic mass is 16.3. The van der Waals surface area contributed by atoms with E-state index in [0.29, 0.717) is 13.1 Å². The summed E-state index contributed by atoms with van der Waals surface area (Å²) in [5.74, 6) is 0. The minimum atomic E-state index is 0.104. The van der Waals surface area contributed by atoms with Crippen molar-refractivity contribution in [2.24, 2.45) is 0 Å². The lowest BCUT2D eigenvalue weighted by Crippen LogP contribution is -2.29. The Morgan fingerprint density at radius 2 is 1.40 bits per heavy atom. The molecule has 0 aliphatic heterocycles. The van der Waals surface area contributed by atoms with E-state index in [0.717, 1.165) is 5.69 Å². The molecule has 15 heavy (non-hydrogen) atoms. The van der Waals surface area contributed by atoms with Gasteiger partial charge in [0.15, 0.2) is 0 Å². The Morgan fingerprint density at radius 1 is 0.933 bits per heavy atom. The van der Waals surface area contributed by atoms with Crippen molar-refractivity contribution in [2.45, 2.75) is 13.8 Å². The summed E-state index contributed by atoms with van der Waals surface area (Å²) in [7, 11) is 0. The molecule has 0 aliphatic carbocycles. The number of benzene rings is 1. The lowest BCUT2D eigenvalue weighted by Gasteiger charge is -2.23. The van der Waals surface area contributed by atoms with Crippen molar-refractivity contribution in [3.8, 4) is 0 Å². The molecule has 1 rings (SSSR count). The first kappa shape index (κ1) is 12.0. The van der Waals surface area contributed by atoms with Gasteiger partial charge in [-0.1, -0.05) is 6.07 Å². The van der Waals surface area contributed by atoms with E-state index in [9.17, 15) is 0 Å². The average molecular weight is 209 g/mol. The third kappa shape index (κ3) is 3.53. The number of rotatable bonds is 5. The summed E-state index contributed by atoms with van der Waals surface area (Å²) in [5.41, 5.74) is 3.47. The highest BCUT2D eigenvalue weighted by Gasteiger charge is 2.05. The van der Waals surface area contributed by atoms with Crippen LogP contribution in [0.1, 0.15) is 11.1 Å². The van der Waals surface area contributed by atoms with Crippen molar-refractivity contribution in [3.05, 3.63) is 29.3 Å². The van der Waals surface area contributed by atoms with E-state index in [-0.39, 0.29) is 13.2 Å². The van der Waals surface area contributed by atoms with E-state index in [1.165, 1.54) is 11.1 Å². The van der Waals surface area contributed by atoms with Gasteiger partial charge in [0.1, 0.15) is 0 Å². The zero-order valence-electron chi connectivity index (χ0n) is 9.40. The van der Waals surface area contributed by atoms with Crippen molar-refractivity contribution < 1.29 is 10.2 Å². The van der Waals surface area contributed by atoms with Crippen molar-refractivity contribution >= 4 is 5.69 Å². The van der Waals surface area contributed by atoms with Crippen molar-refractivity contribution in [1.29, 1.82) is 0 Å². The second kappa shape index (κ2) is 5.73. The van der Waals surface area contributed by atoms with Gasteiger partial charge in [0.2, 0.25) is 0 Å². The molecule has 0 bridgehead atoms. The summed E-state index contributed by atoms with van der Waals surface area (Å²) in [6, 6.07) is 6.25. The van der Waals surface area contributed by atoms with Gasteiger partial charge in [-0.05, 0) is 37.1 Å². The summed E-state index contributed by atoms with van der Waals surface area (Å²) >= 11 is 0. The highest BCUT2D eigenvalue weighted by Crippen LogP contribution is 2.18. The predicted octanol–water partition coefficient (Wildman–Crippen LogP) is 1.09. The van der Waals surface area contributed by atoms with Gasteiger partial charge >= 0.3 is 0 Å². The number of aliphatic hydroxyl groups excluding tert-OH is 2. The molecule has 0 fully saturated rings. The molecular formula is C12H19NO2. The summed E-state index contributed by atoms with van der Waals surface area (Å²) in [6.45, 7) is 5.42. The van der Waals surface area contributed by atoms with Gasteiger partial charge in [-0.15, -0.1) is 0 Å². The van der Waals surface area contributed by atoms with Crippen molar-refractivity contribution in [3.63, 3.8) is 0 Å². The fraction of sp³-hybridized carbons (Fsp3) is 0.500. The first-order chi connectivity index (χ1) is 7.17. The minimum Gasteiger partial charge on any atom is -0.395 e. The molecule has 0 aliphatic rings. The Kier molecular flexibility index (Phi) is 4.59. The van der Waals surface area contributed by atoms with Crippen LogP contribution in [-0.4, -0.2) is 36.5 Å². The Morgan fingerprint density at radius 3 is 1.80 bits per heavy atom. The molecule has 0 saturated carbocycles. The second-order valence-corrected chi connectivity index (χ2v) is 3.78. The number of hydrogen-bond donors (Lipinski definition) is 2. The molecule has 1 aromatic rings. The van der Waals surface area contributed by atoms with Crippen LogP contribution in [0.25, 0.3) is 0 Å². The maximum absolute atomic E-state index is 8.94. The molecular weight excluding hydrogens is 190 g/mol. The number of anilines is 1. The Bertz CT molecular complexity index is 286. The lowest BCUT2D eigenvalue weighted by molar-refractivity contribution is 0.281. The van der Waals surface area contributed by atoms with Crippen molar-refractivity contribution in [1.82, 2.24) is 0 Å². The van der Waals surface area contributed by atoms with E-state index in [2.05, 4.69) is 18.2 Å². The maximum atomic E-state index is 8.94. The quantitative estimate of drug-likeness (QED) is 0.763. The van der Waals surface area contributed by atoms with Gasteiger partial charge in [-0.25, -0.2) is 0 Å². The molecule has 2 N–H and O–H groups in total. The normalized spacial score (nSPS) is 10.4. The van der Waals surface area contributed by atoms with Gasteiger partial charge in [-0.2, -0.15) is 0 Å². The van der Waals surface area contributed by atoms with E-state index >= 15 is 0 Å². The lowest BCUT2D eigenvalue weighted by atomic mass is 10.1. The monoisotopic (exact) mass is 209 g/mol. The number of hydrogen-bond acceptors (Lipinski definition) is 3. The molecule has 0 aromatic heterocycles. The van der Waals surface area contributed by atoms with Crippen LogP contribution in [0.15, 0.2) is 18.2 Å². The number of aliphatic hydroxyl groups is 2. The third-order valence-corrected chi connectivity index (χ3v) is 2.31. The van der Waals surface area contributed by atoms with E-state index in [1.54, 1.807) is 0 Å². The van der Waals surface area contributed by atoms with Crippen LogP contribution in [0.3, 0.4) is 0 Å². The smallest absolute Gasteiger partial charge is 0.0606 e. The molecule has 0 amide bonds. The van der Waals surface area contributed by atoms with Crippen LogP contribution in [-0.2, 0) is 0 Å². The van der Waals surface area contributed by atoms with Crippen LogP contribution in [0, 0.1) is 13.8 Å². The summed E-state index contributed by atoms with van der Waals surface area (Å²) in [4.78, 5) is 1.99. The first-order valence-electron chi connectivity index (χ1n) is 5.22. The van der Waals surface area contributed by atoms with Gasteiger partial charge < -0.3 is 15.1 Å². The molecule has 3 nitrogen and oxygen atoms in total. The second-order valence-electron chi connectivity index (χ2n) is 3.78. The Hall–Kier alpha value is -1.06. The van der Waals surface area contributed by atoms with E-state index in [4.69, 9.17) is 10.2 Å². The standard InChI is InChI=1S/C12H19NO2/c1-10-7-11(2)9-12(8-10)13(3-5-14)4-6-15/h7-9,14-15H,3-6H2,1-2H3. The molecule has 0 spiro atoms. The summed E-state index contributed by atoms with van der Waals surface area (Å²) in [5, 5.41) is 17.9. The average Bonchev–Trinajstić information content (AvgIpc) is 2.16. The minimum absolute atomic E-state index is 0.104. The Balaban J connectivity index is 2.88. The number of nitrogens with zero attached hydrogens (tertiary/aromatic N) is 1. The van der Waals surface area contributed by atoms with Crippen LogP contribution in [0.4, 0.5) is 5.69 Å². The van der Waals surface area contributed by atoms with Gasteiger partial charge in [0.25, 0.3) is 0 Å². The first-order valence-corrected chi connectivity index (χ1v) is 5.22. The predicted molar refractivity (Wildman–Crippen MR) is 62.3 cm³/mol. The molecule has 0 radical (unpaired) electrons. The zero-order chi connectivity index (χ0) is 11.3. The van der Waals surface area contributed by atoms with Gasteiger partial charge in [-0.3, -0.25) is 0 Å². The van der Waals surface area contributed by atoms with E-state index in [1.807, 2.05) is 18.7 Å². The van der Waals surface area contributed by atoms with Gasteiger partial charge in [0, 0.05) is 18.8 Å². The fourth-order valence-electron chi connectivity index (χ4n) is 1.74. The number of aryl methyl sites for hydroxylation is 2. The molecule has 84 valence electrons. The largest absolute Gasteiger partial charge is 0.395 e. The van der Waals surface area contributed by atoms with Crippen LogP contribution in [0.5, 0.6) is 0 Å². The summed E-state index contributed by atoms with van der Waals surface area (Å²) < 4.78 is 0. The molecule has 1 aromatic carbocycles. The van der Waals surface area contributed by atoms with E-state index < -0.39 is 0 Å². The maximum Gasteiger partial charge on any atom is 0.0606 e. The van der Waals surface area contributed by atoms with Crippen LogP contribution < -0.4 is 4.90 Å².